The molecule has 0 saturated heterocycles. The van der Waals surface area contributed by atoms with E-state index in [4.69, 9.17) is 0 Å². The first-order valence-corrected chi connectivity index (χ1v) is 10.7. The Hall–Kier alpha value is -4.02. The van der Waals surface area contributed by atoms with Crippen LogP contribution in [0.1, 0.15) is 34.4 Å². The fourth-order valence-corrected chi connectivity index (χ4v) is 4.54. The third-order valence-corrected chi connectivity index (χ3v) is 6.28. The molecule has 0 bridgehead atoms. The van der Waals surface area contributed by atoms with Crippen LogP contribution in [-0.2, 0) is 39.4 Å². The maximum absolute atomic E-state index is 12.2. The lowest BCUT2D eigenvalue weighted by Crippen LogP contribution is -2.37. The van der Waals surface area contributed by atoms with Gasteiger partial charge in [-0.25, -0.2) is 19.9 Å². The van der Waals surface area contributed by atoms with E-state index in [0.29, 0.717) is 34.4 Å². The number of imidazole rings is 4. The lowest BCUT2D eigenvalue weighted by atomic mass is 9.85. The predicted octanol–water partition coefficient (Wildman–Crippen LogP) is 1.19. The van der Waals surface area contributed by atoms with Crippen molar-refractivity contribution in [2.24, 2.45) is 28.2 Å². The van der Waals surface area contributed by atoms with Gasteiger partial charge in [-0.1, -0.05) is 18.2 Å². The van der Waals surface area contributed by atoms with Gasteiger partial charge in [-0.05, 0) is 17.2 Å². The Balaban J connectivity index is 1.78. The Morgan fingerprint density at radius 3 is 1.09 bits per heavy atom. The smallest absolute Gasteiger partial charge is 0.206 e. The standard InChI is InChI=1S/C24H26N8O2/c1-29-12-8-25-19(29)23(33,20-26-9-13-30(20)2)17-6-5-7-18(16-17)24(34,21-27-10-14-31(21)3)22-28-11-15-32(22)4/h5-16,33-34H,1-4H3. The number of nitrogens with zero attached hydrogens (tertiary/aromatic N) is 8. The van der Waals surface area contributed by atoms with E-state index in [1.807, 2.05) is 28.2 Å². The Labute approximate surface area is 196 Å². The summed E-state index contributed by atoms with van der Waals surface area (Å²) < 4.78 is 7.02. The van der Waals surface area contributed by atoms with Crippen LogP contribution in [0.2, 0.25) is 0 Å². The number of rotatable bonds is 6. The first-order chi connectivity index (χ1) is 16.3. The zero-order valence-corrected chi connectivity index (χ0v) is 19.4. The highest BCUT2D eigenvalue weighted by Gasteiger charge is 2.45. The molecule has 4 aromatic heterocycles. The molecular formula is C24H26N8O2. The van der Waals surface area contributed by atoms with Gasteiger partial charge in [0.1, 0.15) is 0 Å². The summed E-state index contributed by atoms with van der Waals surface area (Å²) >= 11 is 0. The third kappa shape index (κ3) is 3.03. The Morgan fingerprint density at radius 2 is 0.853 bits per heavy atom. The highest BCUT2D eigenvalue weighted by atomic mass is 16.3. The maximum Gasteiger partial charge on any atom is 0.206 e. The fourth-order valence-electron chi connectivity index (χ4n) is 4.54. The second-order valence-corrected chi connectivity index (χ2v) is 8.45. The summed E-state index contributed by atoms with van der Waals surface area (Å²) in [7, 11) is 7.27. The van der Waals surface area contributed by atoms with Crippen molar-refractivity contribution < 1.29 is 10.2 Å². The van der Waals surface area contributed by atoms with Crippen LogP contribution in [0.3, 0.4) is 0 Å². The Morgan fingerprint density at radius 1 is 0.559 bits per heavy atom. The molecule has 5 rings (SSSR count). The number of aromatic nitrogens is 8. The van der Waals surface area contributed by atoms with Crippen molar-refractivity contribution in [3.05, 3.63) is 108 Å². The molecule has 1 aromatic carbocycles. The van der Waals surface area contributed by atoms with Crippen LogP contribution in [-0.4, -0.2) is 48.4 Å². The summed E-state index contributed by atoms with van der Waals surface area (Å²) in [5, 5.41) is 24.5. The number of benzene rings is 1. The molecule has 0 aliphatic heterocycles. The molecule has 0 aliphatic rings. The van der Waals surface area contributed by atoms with Crippen LogP contribution >= 0.6 is 0 Å². The molecule has 0 amide bonds. The van der Waals surface area contributed by atoms with Gasteiger partial charge in [0.25, 0.3) is 0 Å². The summed E-state index contributed by atoms with van der Waals surface area (Å²) in [5.41, 5.74) is -2.38. The van der Waals surface area contributed by atoms with Crippen molar-refractivity contribution in [2.75, 3.05) is 0 Å². The van der Waals surface area contributed by atoms with E-state index in [1.165, 1.54) is 0 Å². The van der Waals surface area contributed by atoms with Crippen LogP contribution < -0.4 is 0 Å². The van der Waals surface area contributed by atoms with Crippen molar-refractivity contribution in [3.8, 4) is 0 Å². The van der Waals surface area contributed by atoms with Gasteiger partial charge in [0.15, 0.2) is 23.3 Å². The second-order valence-electron chi connectivity index (χ2n) is 8.45. The average Bonchev–Trinajstić information content (AvgIpc) is 3.62. The minimum absolute atomic E-state index is 0.400. The predicted molar refractivity (Wildman–Crippen MR) is 123 cm³/mol. The summed E-state index contributed by atoms with van der Waals surface area (Å²) in [4.78, 5) is 17.8. The van der Waals surface area contributed by atoms with Crippen LogP contribution in [0.25, 0.3) is 0 Å². The van der Waals surface area contributed by atoms with Crippen LogP contribution in [0.4, 0.5) is 0 Å². The van der Waals surface area contributed by atoms with Gasteiger partial charge in [-0.2, -0.15) is 0 Å². The van der Waals surface area contributed by atoms with Gasteiger partial charge in [-0.15, -0.1) is 0 Å². The number of aliphatic hydroxyl groups is 2. The largest absolute Gasteiger partial charge is 0.371 e. The molecule has 34 heavy (non-hydrogen) atoms. The van der Waals surface area contributed by atoms with Gasteiger partial charge in [0, 0.05) is 77.8 Å². The first-order valence-electron chi connectivity index (χ1n) is 10.7. The number of hydrogen-bond acceptors (Lipinski definition) is 6. The molecule has 2 N–H and O–H groups in total. The van der Waals surface area contributed by atoms with Gasteiger partial charge < -0.3 is 28.5 Å². The molecule has 0 atom stereocenters. The molecule has 174 valence electrons. The lowest BCUT2D eigenvalue weighted by Gasteiger charge is -2.31. The zero-order chi connectivity index (χ0) is 24.1. The van der Waals surface area contributed by atoms with Crippen LogP contribution in [0.5, 0.6) is 0 Å². The molecule has 4 heterocycles. The minimum atomic E-state index is -1.68. The van der Waals surface area contributed by atoms with Crippen molar-refractivity contribution in [3.63, 3.8) is 0 Å². The average molecular weight is 459 g/mol. The van der Waals surface area contributed by atoms with Crippen molar-refractivity contribution in [2.45, 2.75) is 11.2 Å². The van der Waals surface area contributed by atoms with Crippen LogP contribution in [0, 0.1) is 0 Å². The number of hydrogen-bond donors (Lipinski definition) is 2. The van der Waals surface area contributed by atoms with Crippen molar-refractivity contribution >= 4 is 0 Å². The minimum Gasteiger partial charge on any atom is -0.371 e. The fraction of sp³-hybridized carbons (Fsp3) is 0.250. The lowest BCUT2D eigenvalue weighted by molar-refractivity contribution is 0.0925. The highest BCUT2D eigenvalue weighted by molar-refractivity contribution is 5.45. The van der Waals surface area contributed by atoms with E-state index in [0.717, 1.165) is 0 Å². The van der Waals surface area contributed by atoms with Gasteiger partial charge in [-0.3, -0.25) is 0 Å². The molecule has 0 fully saturated rings. The second kappa shape index (κ2) is 7.79. The summed E-state index contributed by atoms with van der Waals surface area (Å²) in [6.07, 6.45) is 13.6. The summed E-state index contributed by atoms with van der Waals surface area (Å²) in [6, 6.07) is 7.14. The molecule has 5 aromatic rings. The molecule has 0 spiro atoms. The van der Waals surface area contributed by atoms with E-state index in [2.05, 4.69) is 19.9 Å². The maximum atomic E-state index is 12.2. The molecular weight excluding hydrogens is 432 g/mol. The topological polar surface area (TPSA) is 112 Å². The monoisotopic (exact) mass is 458 g/mol. The Kier molecular flexibility index (Phi) is 4.99. The van der Waals surface area contributed by atoms with E-state index in [1.54, 1.807) is 92.1 Å². The molecule has 0 radical (unpaired) electrons. The quantitative estimate of drug-likeness (QED) is 0.395. The zero-order valence-electron chi connectivity index (χ0n) is 19.4. The SMILES string of the molecule is Cn1ccnc1C(O)(c1cccc(C(O)(c2nccn2C)c2nccn2C)c1)c1nccn1C. The highest BCUT2D eigenvalue weighted by Crippen LogP contribution is 2.39. The normalized spacial score (nSPS) is 12.4. The molecule has 0 unspecified atom stereocenters. The third-order valence-electron chi connectivity index (χ3n) is 6.28. The summed E-state index contributed by atoms with van der Waals surface area (Å²) in [6.45, 7) is 0. The van der Waals surface area contributed by atoms with Crippen LogP contribution in [0.15, 0.2) is 73.8 Å². The Bertz CT molecular complexity index is 1270. The van der Waals surface area contributed by atoms with Crippen molar-refractivity contribution in [1.29, 1.82) is 0 Å². The molecule has 10 nitrogen and oxygen atoms in total. The van der Waals surface area contributed by atoms with Gasteiger partial charge in [0.2, 0.25) is 11.2 Å². The van der Waals surface area contributed by atoms with E-state index < -0.39 is 11.2 Å². The van der Waals surface area contributed by atoms with Crippen molar-refractivity contribution in [1.82, 2.24) is 38.2 Å². The molecule has 10 heteroatoms. The first kappa shape index (κ1) is 21.8. The van der Waals surface area contributed by atoms with E-state index in [9.17, 15) is 10.2 Å². The summed E-state index contributed by atoms with van der Waals surface area (Å²) in [5.74, 6) is 1.60. The number of aryl methyl sites for hydroxylation is 4. The van der Waals surface area contributed by atoms with E-state index in [-0.39, 0.29) is 0 Å². The van der Waals surface area contributed by atoms with Gasteiger partial charge >= 0.3 is 0 Å². The molecule has 0 saturated carbocycles. The van der Waals surface area contributed by atoms with E-state index >= 15 is 0 Å². The molecule has 0 aliphatic carbocycles. The van der Waals surface area contributed by atoms with Gasteiger partial charge in [0.05, 0.1) is 0 Å².